The molecule has 156 valence electrons. The van der Waals surface area contributed by atoms with Gasteiger partial charge in [-0.15, -0.1) is 11.3 Å². The van der Waals surface area contributed by atoms with Crippen molar-refractivity contribution in [3.05, 3.63) is 64.6 Å². The van der Waals surface area contributed by atoms with E-state index in [1.807, 2.05) is 23.6 Å². The number of carbonyl (C=O) groups is 2. The molecule has 0 radical (unpaired) electrons. The molecule has 2 heterocycles. The van der Waals surface area contributed by atoms with E-state index in [4.69, 9.17) is 0 Å². The van der Waals surface area contributed by atoms with Crippen LogP contribution in [0, 0.1) is 0 Å². The van der Waals surface area contributed by atoms with Gasteiger partial charge in [0, 0.05) is 31.2 Å². The van der Waals surface area contributed by atoms with Crippen molar-refractivity contribution in [2.45, 2.75) is 11.3 Å². The Hall–Kier alpha value is -2.95. The van der Waals surface area contributed by atoms with Crippen LogP contribution < -0.4 is 5.32 Å². The fraction of sp³-hybridized carbons (Fsp3) is 0.200. The van der Waals surface area contributed by atoms with Crippen LogP contribution >= 0.6 is 11.3 Å². The zero-order valence-corrected chi connectivity index (χ0v) is 18.0. The Morgan fingerprint density at radius 1 is 1.10 bits per heavy atom. The molecule has 10 heteroatoms. The van der Waals surface area contributed by atoms with Crippen molar-refractivity contribution in [2.24, 2.45) is 0 Å². The molecular formula is C20H20N4O4S2. The minimum Gasteiger partial charge on any atom is -0.345 e. The number of hydrogen-bond donors (Lipinski definition) is 1. The van der Waals surface area contributed by atoms with Crippen molar-refractivity contribution in [1.82, 2.24) is 19.6 Å². The van der Waals surface area contributed by atoms with Crippen LogP contribution in [0.15, 0.2) is 58.9 Å². The van der Waals surface area contributed by atoms with Crippen LogP contribution in [0.2, 0.25) is 0 Å². The number of ketones is 1. The summed E-state index contributed by atoms with van der Waals surface area (Å²) >= 11 is 1.35. The standard InChI is InChI=1S/C20H20N4O4S2/c1-24(2)30(27,28)16-7-5-6-14(10-16)20(26)22-12-15(25)11-19-23-18(13-29-19)17-8-3-4-9-21-17/h3-10,13H,11-12H2,1-2H3,(H,22,26). The molecule has 0 saturated heterocycles. The number of pyridine rings is 1. The van der Waals surface area contributed by atoms with E-state index in [1.165, 1.54) is 49.7 Å². The monoisotopic (exact) mass is 444 g/mol. The van der Waals surface area contributed by atoms with Crippen LogP contribution in [0.5, 0.6) is 0 Å². The molecule has 30 heavy (non-hydrogen) atoms. The van der Waals surface area contributed by atoms with Gasteiger partial charge in [0.1, 0.15) is 5.01 Å². The van der Waals surface area contributed by atoms with Crippen LogP contribution in [-0.2, 0) is 21.2 Å². The zero-order chi connectivity index (χ0) is 21.7. The van der Waals surface area contributed by atoms with Gasteiger partial charge in [-0.3, -0.25) is 14.6 Å². The molecule has 0 aliphatic heterocycles. The van der Waals surface area contributed by atoms with Crippen molar-refractivity contribution < 1.29 is 18.0 Å². The van der Waals surface area contributed by atoms with Gasteiger partial charge in [-0.25, -0.2) is 17.7 Å². The van der Waals surface area contributed by atoms with Crippen LogP contribution in [0.4, 0.5) is 0 Å². The number of amides is 1. The number of carbonyl (C=O) groups excluding carboxylic acids is 2. The van der Waals surface area contributed by atoms with E-state index in [0.717, 1.165) is 10.00 Å². The van der Waals surface area contributed by atoms with E-state index in [9.17, 15) is 18.0 Å². The van der Waals surface area contributed by atoms with Gasteiger partial charge < -0.3 is 5.32 Å². The van der Waals surface area contributed by atoms with E-state index in [2.05, 4.69) is 15.3 Å². The maximum Gasteiger partial charge on any atom is 0.251 e. The average Bonchev–Trinajstić information content (AvgIpc) is 3.21. The average molecular weight is 445 g/mol. The van der Waals surface area contributed by atoms with Gasteiger partial charge >= 0.3 is 0 Å². The van der Waals surface area contributed by atoms with Crippen molar-refractivity contribution >= 4 is 33.1 Å². The molecule has 3 rings (SSSR count). The number of nitrogens with zero attached hydrogens (tertiary/aromatic N) is 3. The lowest BCUT2D eigenvalue weighted by Crippen LogP contribution is -2.30. The van der Waals surface area contributed by atoms with Crippen LogP contribution in [0.1, 0.15) is 15.4 Å². The molecule has 8 nitrogen and oxygen atoms in total. The predicted molar refractivity (Wildman–Crippen MR) is 114 cm³/mol. The normalized spacial score (nSPS) is 11.4. The smallest absolute Gasteiger partial charge is 0.251 e. The summed E-state index contributed by atoms with van der Waals surface area (Å²) in [5.41, 5.74) is 1.59. The summed E-state index contributed by atoms with van der Waals surface area (Å²) in [4.78, 5) is 33.2. The Morgan fingerprint density at radius 3 is 2.60 bits per heavy atom. The number of sulfonamides is 1. The number of rotatable bonds is 8. The van der Waals surface area contributed by atoms with Crippen LogP contribution in [-0.4, -0.2) is 55.0 Å². The number of thiazole rings is 1. The zero-order valence-electron chi connectivity index (χ0n) is 16.4. The fourth-order valence-corrected chi connectivity index (χ4v) is 4.31. The second-order valence-corrected chi connectivity index (χ2v) is 9.65. The molecular weight excluding hydrogens is 424 g/mol. The summed E-state index contributed by atoms with van der Waals surface area (Å²) in [7, 11) is -0.820. The minimum absolute atomic E-state index is 0.0105. The lowest BCUT2D eigenvalue weighted by atomic mass is 10.2. The summed E-state index contributed by atoms with van der Waals surface area (Å²) in [6.45, 7) is -0.179. The number of nitrogens with one attached hydrogen (secondary N) is 1. The van der Waals surface area contributed by atoms with E-state index >= 15 is 0 Å². The maximum absolute atomic E-state index is 12.3. The van der Waals surface area contributed by atoms with E-state index < -0.39 is 15.9 Å². The number of benzene rings is 1. The van der Waals surface area contributed by atoms with Gasteiger partial charge in [-0.05, 0) is 30.3 Å². The van der Waals surface area contributed by atoms with Gasteiger partial charge in [0.25, 0.3) is 5.91 Å². The van der Waals surface area contributed by atoms with Gasteiger partial charge in [-0.1, -0.05) is 12.1 Å². The third kappa shape index (κ3) is 5.15. The molecule has 0 bridgehead atoms. The number of Topliss-reactive ketones (excluding diaryl/α,β-unsaturated/α-hetero) is 1. The highest BCUT2D eigenvalue weighted by molar-refractivity contribution is 7.89. The molecule has 0 spiro atoms. The lowest BCUT2D eigenvalue weighted by Gasteiger charge is -2.12. The van der Waals surface area contributed by atoms with E-state index in [0.29, 0.717) is 10.7 Å². The SMILES string of the molecule is CN(C)S(=O)(=O)c1cccc(C(=O)NCC(=O)Cc2nc(-c3ccccn3)cs2)c1. The molecule has 2 aromatic heterocycles. The molecule has 0 unspecified atom stereocenters. The second kappa shape index (κ2) is 9.24. The Morgan fingerprint density at radius 2 is 1.90 bits per heavy atom. The van der Waals surface area contributed by atoms with Crippen molar-refractivity contribution in [1.29, 1.82) is 0 Å². The van der Waals surface area contributed by atoms with Gasteiger partial charge in [0.15, 0.2) is 5.78 Å². The summed E-state index contributed by atoms with van der Waals surface area (Å²) in [6, 6.07) is 11.2. The lowest BCUT2D eigenvalue weighted by molar-refractivity contribution is -0.117. The highest BCUT2D eigenvalue weighted by Gasteiger charge is 2.19. The number of hydrogen-bond acceptors (Lipinski definition) is 7. The van der Waals surface area contributed by atoms with Gasteiger partial charge in [0.05, 0.1) is 29.2 Å². The first kappa shape index (κ1) is 21.8. The molecule has 1 amide bonds. The van der Waals surface area contributed by atoms with Crippen LogP contribution in [0.3, 0.4) is 0 Å². The molecule has 0 atom stereocenters. The van der Waals surface area contributed by atoms with Crippen molar-refractivity contribution in [3.8, 4) is 11.4 Å². The Kier molecular flexibility index (Phi) is 6.70. The van der Waals surface area contributed by atoms with Gasteiger partial charge in [0.2, 0.25) is 10.0 Å². The first-order valence-corrected chi connectivity index (χ1v) is 11.3. The highest BCUT2D eigenvalue weighted by atomic mass is 32.2. The fourth-order valence-electron chi connectivity index (χ4n) is 2.54. The topological polar surface area (TPSA) is 109 Å². The van der Waals surface area contributed by atoms with Crippen LogP contribution in [0.25, 0.3) is 11.4 Å². The molecule has 3 aromatic rings. The van der Waals surface area contributed by atoms with Gasteiger partial charge in [-0.2, -0.15) is 0 Å². The summed E-state index contributed by atoms with van der Waals surface area (Å²) in [5.74, 6) is -0.727. The molecule has 0 fully saturated rings. The van der Waals surface area contributed by atoms with E-state index in [1.54, 1.807) is 6.20 Å². The summed E-state index contributed by atoms with van der Waals surface area (Å²) in [5, 5.41) is 5.00. The summed E-state index contributed by atoms with van der Waals surface area (Å²) in [6.07, 6.45) is 1.76. The minimum atomic E-state index is -3.65. The highest BCUT2D eigenvalue weighted by Crippen LogP contribution is 2.20. The van der Waals surface area contributed by atoms with Crippen molar-refractivity contribution in [2.75, 3.05) is 20.6 Å². The third-order valence-electron chi connectivity index (χ3n) is 4.15. The second-order valence-electron chi connectivity index (χ2n) is 6.55. The Bertz CT molecular complexity index is 1160. The van der Waals surface area contributed by atoms with E-state index in [-0.39, 0.29) is 29.2 Å². The quantitative estimate of drug-likeness (QED) is 0.569. The largest absolute Gasteiger partial charge is 0.345 e. The molecule has 1 aromatic carbocycles. The maximum atomic E-state index is 12.3. The molecule has 0 saturated carbocycles. The third-order valence-corrected chi connectivity index (χ3v) is 6.81. The first-order chi connectivity index (χ1) is 14.3. The Balaban J connectivity index is 1.59. The Labute approximate surface area is 178 Å². The molecule has 0 aliphatic carbocycles. The number of aromatic nitrogens is 2. The first-order valence-electron chi connectivity index (χ1n) is 8.95. The summed E-state index contributed by atoms with van der Waals surface area (Å²) < 4.78 is 25.5. The van der Waals surface area contributed by atoms with Crippen molar-refractivity contribution in [3.63, 3.8) is 0 Å². The predicted octanol–water partition coefficient (Wildman–Crippen LogP) is 2.00. The molecule has 1 N–H and O–H groups in total. The molecule has 0 aliphatic rings.